The molecule has 5 nitrogen and oxygen atoms in total. The first-order valence-electron chi connectivity index (χ1n) is 10.3. The van der Waals surface area contributed by atoms with Crippen LogP contribution in [-0.4, -0.2) is 37.0 Å². The molecule has 4 rings (SSSR count). The molecule has 2 aromatic rings. The summed E-state index contributed by atoms with van der Waals surface area (Å²) in [6, 6.07) is 12.5. The topological polar surface area (TPSA) is 55.8 Å². The van der Waals surface area contributed by atoms with Gasteiger partial charge in [0.15, 0.2) is 11.5 Å². The van der Waals surface area contributed by atoms with Crippen LogP contribution in [0.2, 0.25) is 5.02 Å². The molecule has 2 aliphatic rings. The largest absolute Gasteiger partial charge is 0.493 e. The predicted octanol–water partition coefficient (Wildman–Crippen LogP) is 5.56. The highest BCUT2D eigenvalue weighted by Gasteiger charge is 2.43. The molecular formula is C24H24ClNO4S. The van der Waals surface area contributed by atoms with E-state index in [0.29, 0.717) is 32.6 Å². The molecule has 0 bridgehead atoms. The van der Waals surface area contributed by atoms with Crippen molar-refractivity contribution in [2.24, 2.45) is 0 Å². The zero-order valence-corrected chi connectivity index (χ0v) is 19.1. The molecule has 1 heterocycles. The van der Waals surface area contributed by atoms with Crippen molar-refractivity contribution in [3.8, 4) is 11.5 Å². The summed E-state index contributed by atoms with van der Waals surface area (Å²) in [5, 5.41) is 0.621. The normalized spacial score (nSPS) is 17.5. The molecule has 0 aromatic heterocycles. The average molecular weight is 458 g/mol. The SMILES string of the molecule is COc1ccc(C2=C(Sc3ccc(Cl)cc3)C(=O)N(C3CCCCC3)C2=O)cc1OC. The molecule has 1 fully saturated rings. The first kappa shape index (κ1) is 21.8. The Hall–Kier alpha value is -2.44. The van der Waals surface area contributed by atoms with E-state index >= 15 is 0 Å². The molecule has 0 N–H and O–H groups in total. The average Bonchev–Trinajstić information content (AvgIpc) is 3.04. The molecule has 1 aliphatic heterocycles. The van der Waals surface area contributed by atoms with E-state index < -0.39 is 0 Å². The van der Waals surface area contributed by atoms with Gasteiger partial charge in [-0.2, -0.15) is 0 Å². The Morgan fingerprint density at radius 1 is 0.903 bits per heavy atom. The Balaban J connectivity index is 1.78. The van der Waals surface area contributed by atoms with Crippen LogP contribution in [-0.2, 0) is 9.59 Å². The fourth-order valence-electron chi connectivity index (χ4n) is 4.16. The molecule has 1 aliphatic carbocycles. The van der Waals surface area contributed by atoms with E-state index in [4.69, 9.17) is 21.1 Å². The van der Waals surface area contributed by atoms with E-state index in [1.807, 2.05) is 12.1 Å². The van der Waals surface area contributed by atoms with Crippen LogP contribution in [0.3, 0.4) is 0 Å². The van der Waals surface area contributed by atoms with Crippen LogP contribution in [0.25, 0.3) is 5.57 Å². The highest BCUT2D eigenvalue weighted by Crippen LogP contribution is 2.43. The number of hydrogen-bond acceptors (Lipinski definition) is 5. The lowest BCUT2D eigenvalue weighted by atomic mass is 9.94. The predicted molar refractivity (Wildman–Crippen MR) is 123 cm³/mol. The second-order valence-electron chi connectivity index (χ2n) is 7.60. The smallest absolute Gasteiger partial charge is 0.268 e. The van der Waals surface area contributed by atoms with Gasteiger partial charge in [0.25, 0.3) is 11.8 Å². The molecule has 162 valence electrons. The van der Waals surface area contributed by atoms with E-state index in [2.05, 4.69) is 0 Å². The Bertz CT molecular complexity index is 1030. The maximum Gasteiger partial charge on any atom is 0.268 e. The van der Waals surface area contributed by atoms with Crippen molar-refractivity contribution in [3.05, 3.63) is 58.0 Å². The van der Waals surface area contributed by atoms with Crippen LogP contribution < -0.4 is 9.47 Å². The summed E-state index contributed by atoms with van der Waals surface area (Å²) in [4.78, 5) is 29.8. The molecule has 7 heteroatoms. The van der Waals surface area contributed by atoms with Crippen molar-refractivity contribution in [1.82, 2.24) is 4.90 Å². The number of amides is 2. The van der Waals surface area contributed by atoms with Gasteiger partial charge in [-0.05, 0) is 54.8 Å². The van der Waals surface area contributed by atoms with Crippen LogP contribution >= 0.6 is 23.4 Å². The van der Waals surface area contributed by atoms with Gasteiger partial charge in [0.2, 0.25) is 0 Å². The lowest BCUT2D eigenvalue weighted by Crippen LogP contribution is -2.42. The zero-order valence-electron chi connectivity index (χ0n) is 17.5. The second-order valence-corrected chi connectivity index (χ2v) is 9.12. The van der Waals surface area contributed by atoms with Gasteiger partial charge in [-0.3, -0.25) is 14.5 Å². The first-order valence-corrected chi connectivity index (χ1v) is 11.5. The van der Waals surface area contributed by atoms with Crippen molar-refractivity contribution < 1.29 is 19.1 Å². The van der Waals surface area contributed by atoms with Crippen molar-refractivity contribution in [2.75, 3.05) is 14.2 Å². The second kappa shape index (κ2) is 9.37. The third-order valence-electron chi connectivity index (χ3n) is 5.72. The maximum atomic E-state index is 13.6. The van der Waals surface area contributed by atoms with Crippen molar-refractivity contribution >= 4 is 40.8 Å². The van der Waals surface area contributed by atoms with Crippen molar-refractivity contribution in [2.45, 2.75) is 43.0 Å². The molecule has 0 radical (unpaired) electrons. The number of thioether (sulfide) groups is 1. The summed E-state index contributed by atoms with van der Waals surface area (Å²) in [6.45, 7) is 0. The minimum atomic E-state index is -0.236. The summed E-state index contributed by atoms with van der Waals surface area (Å²) in [6.07, 6.45) is 4.93. The quantitative estimate of drug-likeness (QED) is 0.531. The van der Waals surface area contributed by atoms with Gasteiger partial charge in [0, 0.05) is 16.0 Å². The summed E-state index contributed by atoms with van der Waals surface area (Å²) >= 11 is 7.32. The minimum absolute atomic E-state index is 0.0489. The van der Waals surface area contributed by atoms with E-state index in [0.717, 1.165) is 37.0 Å². The molecule has 2 aromatic carbocycles. The molecule has 2 amide bonds. The van der Waals surface area contributed by atoms with Crippen molar-refractivity contribution in [1.29, 1.82) is 0 Å². The van der Waals surface area contributed by atoms with Crippen LogP contribution in [0.1, 0.15) is 37.7 Å². The first-order chi connectivity index (χ1) is 15.0. The summed E-state index contributed by atoms with van der Waals surface area (Å²) in [7, 11) is 3.11. The van der Waals surface area contributed by atoms with Gasteiger partial charge < -0.3 is 9.47 Å². The highest BCUT2D eigenvalue weighted by atomic mass is 35.5. The summed E-state index contributed by atoms with van der Waals surface area (Å²) in [5.41, 5.74) is 1.06. The van der Waals surface area contributed by atoms with Crippen molar-refractivity contribution in [3.63, 3.8) is 0 Å². The number of halogens is 1. The summed E-state index contributed by atoms with van der Waals surface area (Å²) in [5.74, 6) is 0.626. The lowest BCUT2D eigenvalue weighted by Gasteiger charge is -2.29. The Kier molecular flexibility index (Phi) is 6.58. The minimum Gasteiger partial charge on any atom is -0.493 e. The number of methoxy groups -OCH3 is 2. The van der Waals surface area contributed by atoms with Gasteiger partial charge in [0.1, 0.15) is 0 Å². The Morgan fingerprint density at radius 3 is 2.23 bits per heavy atom. The van der Waals surface area contributed by atoms with Crippen LogP contribution in [0.5, 0.6) is 11.5 Å². The third-order valence-corrected chi connectivity index (χ3v) is 7.06. The highest BCUT2D eigenvalue weighted by molar-refractivity contribution is 8.04. The number of carbonyl (C=O) groups is 2. The molecular weight excluding hydrogens is 434 g/mol. The number of benzene rings is 2. The third kappa shape index (κ3) is 4.32. The lowest BCUT2D eigenvalue weighted by molar-refractivity contribution is -0.139. The van der Waals surface area contributed by atoms with Gasteiger partial charge in [-0.25, -0.2) is 0 Å². The van der Waals surface area contributed by atoms with Crippen LogP contribution in [0.15, 0.2) is 52.3 Å². The number of nitrogens with zero attached hydrogens (tertiary/aromatic N) is 1. The van der Waals surface area contributed by atoms with E-state index in [1.165, 1.54) is 16.7 Å². The molecule has 0 unspecified atom stereocenters. The number of rotatable bonds is 6. The maximum absolute atomic E-state index is 13.6. The van der Waals surface area contributed by atoms with Gasteiger partial charge in [-0.1, -0.05) is 48.7 Å². The number of ether oxygens (including phenoxy) is 2. The van der Waals surface area contributed by atoms with Gasteiger partial charge in [0.05, 0.1) is 24.7 Å². The fourth-order valence-corrected chi connectivity index (χ4v) is 5.29. The standard InChI is InChI=1S/C24H24ClNO4S/c1-29-19-13-8-15(14-20(19)30-2)21-22(31-18-11-9-16(25)10-12-18)24(28)26(23(21)27)17-6-4-3-5-7-17/h8-14,17H,3-7H2,1-2H3. The fraction of sp³-hybridized carbons (Fsp3) is 0.333. The Morgan fingerprint density at radius 2 is 1.58 bits per heavy atom. The van der Waals surface area contributed by atoms with Crippen LogP contribution in [0, 0.1) is 0 Å². The number of imide groups is 1. The molecule has 0 saturated heterocycles. The summed E-state index contributed by atoms with van der Waals surface area (Å²) < 4.78 is 10.8. The van der Waals surface area contributed by atoms with E-state index in [1.54, 1.807) is 44.6 Å². The molecule has 0 atom stereocenters. The number of carbonyl (C=O) groups excluding carboxylic acids is 2. The van der Waals surface area contributed by atoms with E-state index in [-0.39, 0.29) is 17.9 Å². The van der Waals surface area contributed by atoms with Crippen LogP contribution in [0.4, 0.5) is 0 Å². The van der Waals surface area contributed by atoms with Gasteiger partial charge in [-0.15, -0.1) is 0 Å². The zero-order chi connectivity index (χ0) is 22.0. The monoisotopic (exact) mass is 457 g/mol. The molecule has 0 spiro atoms. The Labute approximate surface area is 191 Å². The molecule has 1 saturated carbocycles. The van der Waals surface area contributed by atoms with Gasteiger partial charge >= 0.3 is 0 Å². The molecule has 31 heavy (non-hydrogen) atoms. The van der Waals surface area contributed by atoms with E-state index in [9.17, 15) is 9.59 Å². The number of hydrogen-bond donors (Lipinski definition) is 0.